The predicted octanol–water partition coefficient (Wildman–Crippen LogP) is 4.12. The fourth-order valence-electron chi connectivity index (χ4n) is 3.44. The van der Waals surface area contributed by atoms with Gasteiger partial charge < -0.3 is 15.0 Å². The van der Waals surface area contributed by atoms with E-state index in [1.807, 2.05) is 30.2 Å². The van der Waals surface area contributed by atoms with Gasteiger partial charge in [-0.3, -0.25) is 9.67 Å². The largest absolute Gasteiger partial charge is 0.370 e. The van der Waals surface area contributed by atoms with Crippen LogP contribution in [0.3, 0.4) is 0 Å². The van der Waals surface area contributed by atoms with E-state index in [2.05, 4.69) is 70.2 Å². The van der Waals surface area contributed by atoms with Gasteiger partial charge in [0.2, 0.25) is 0 Å². The molecule has 1 saturated heterocycles. The normalized spacial score (nSPS) is 17.8. The molecule has 2 heterocycles. The van der Waals surface area contributed by atoms with Gasteiger partial charge in [0.15, 0.2) is 5.96 Å². The summed E-state index contributed by atoms with van der Waals surface area (Å²) < 4.78 is 8.93. The van der Waals surface area contributed by atoms with Crippen LogP contribution in [-0.2, 0) is 17.2 Å². The summed E-state index contributed by atoms with van der Waals surface area (Å²) >= 11 is 3.68. The number of hydrogen-bond donors (Lipinski definition) is 1. The molecule has 0 spiro atoms. The highest BCUT2D eigenvalue weighted by Crippen LogP contribution is 2.30. The highest BCUT2D eigenvalue weighted by Gasteiger charge is 2.27. The van der Waals surface area contributed by atoms with Gasteiger partial charge in [-0.2, -0.15) is 5.10 Å². The van der Waals surface area contributed by atoms with Crippen molar-refractivity contribution in [2.45, 2.75) is 32.3 Å². The SMILES string of the molecule is CCNC(=NCC(C)(C)c1ccccc1Br)N1CCOC(c2cnn(C)c2)C1.I. The van der Waals surface area contributed by atoms with Gasteiger partial charge in [0.25, 0.3) is 0 Å². The first-order valence-electron chi connectivity index (χ1n) is 9.79. The zero-order chi connectivity index (χ0) is 20.1. The van der Waals surface area contributed by atoms with E-state index in [1.54, 1.807) is 0 Å². The third-order valence-electron chi connectivity index (χ3n) is 5.02. The summed E-state index contributed by atoms with van der Waals surface area (Å²) in [4.78, 5) is 7.29. The quantitative estimate of drug-likeness (QED) is 0.331. The van der Waals surface area contributed by atoms with Crippen molar-refractivity contribution >= 4 is 45.9 Å². The number of aryl methyl sites for hydroxylation is 1. The van der Waals surface area contributed by atoms with Gasteiger partial charge in [-0.15, -0.1) is 24.0 Å². The molecule has 6 nitrogen and oxygen atoms in total. The smallest absolute Gasteiger partial charge is 0.194 e. The summed E-state index contributed by atoms with van der Waals surface area (Å²) in [6.07, 6.45) is 3.92. The van der Waals surface area contributed by atoms with E-state index >= 15 is 0 Å². The summed E-state index contributed by atoms with van der Waals surface area (Å²) in [5.41, 5.74) is 2.30. The molecule has 1 aromatic heterocycles. The van der Waals surface area contributed by atoms with E-state index in [9.17, 15) is 0 Å². The minimum Gasteiger partial charge on any atom is -0.370 e. The number of hydrogen-bond acceptors (Lipinski definition) is 3. The molecule has 0 saturated carbocycles. The Bertz CT molecular complexity index is 823. The van der Waals surface area contributed by atoms with Gasteiger partial charge in [-0.1, -0.05) is 48.0 Å². The Morgan fingerprint density at radius 1 is 1.38 bits per heavy atom. The van der Waals surface area contributed by atoms with Crippen molar-refractivity contribution in [1.29, 1.82) is 0 Å². The summed E-state index contributed by atoms with van der Waals surface area (Å²) in [5.74, 6) is 0.944. The van der Waals surface area contributed by atoms with Crippen molar-refractivity contribution in [3.8, 4) is 0 Å². The molecule has 1 aromatic carbocycles. The lowest BCUT2D eigenvalue weighted by atomic mass is 9.85. The van der Waals surface area contributed by atoms with Crippen molar-refractivity contribution in [3.05, 3.63) is 52.3 Å². The number of halogens is 2. The molecule has 29 heavy (non-hydrogen) atoms. The third kappa shape index (κ3) is 6.18. The van der Waals surface area contributed by atoms with Crippen LogP contribution in [0.2, 0.25) is 0 Å². The molecule has 1 aliphatic rings. The predicted molar refractivity (Wildman–Crippen MR) is 132 cm³/mol. The zero-order valence-corrected chi connectivity index (χ0v) is 21.5. The first-order valence-corrected chi connectivity index (χ1v) is 10.6. The van der Waals surface area contributed by atoms with E-state index in [0.29, 0.717) is 13.2 Å². The number of morpholine rings is 1. The molecule has 0 radical (unpaired) electrons. The molecule has 3 rings (SSSR count). The first kappa shape index (κ1) is 24.1. The van der Waals surface area contributed by atoms with Crippen molar-refractivity contribution in [3.63, 3.8) is 0 Å². The van der Waals surface area contributed by atoms with E-state index in [-0.39, 0.29) is 35.5 Å². The number of nitrogens with one attached hydrogen (secondary N) is 1. The summed E-state index contributed by atoms with van der Waals surface area (Å²) in [5, 5.41) is 7.73. The van der Waals surface area contributed by atoms with Gasteiger partial charge >= 0.3 is 0 Å². The van der Waals surface area contributed by atoms with Crippen LogP contribution in [0, 0.1) is 0 Å². The molecule has 1 fully saturated rings. The summed E-state index contributed by atoms with van der Waals surface area (Å²) in [6.45, 7) is 10.4. The molecule has 0 bridgehead atoms. The van der Waals surface area contributed by atoms with Gasteiger partial charge in [-0.25, -0.2) is 0 Å². The van der Waals surface area contributed by atoms with Crippen LogP contribution in [0.25, 0.3) is 0 Å². The van der Waals surface area contributed by atoms with E-state index < -0.39 is 0 Å². The molecular formula is C21H31BrIN5O. The summed E-state index contributed by atoms with van der Waals surface area (Å²) in [7, 11) is 1.93. The van der Waals surface area contributed by atoms with Crippen LogP contribution < -0.4 is 5.32 Å². The molecule has 1 unspecified atom stereocenters. The maximum Gasteiger partial charge on any atom is 0.194 e. The van der Waals surface area contributed by atoms with Crippen LogP contribution in [0.1, 0.15) is 38.0 Å². The molecule has 2 aromatic rings. The molecule has 160 valence electrons. The molecule has 1 N–H and O–H groups in total. The number of guanidine groups is 1. The lowest BCUT2D eigenvalue weighted by Gasteiger charge is -2.35. The highest BCUT2D eigenvalue weighted by atomic mass is 127. The van der Waals surface area contributed by atoms with Gasteiger partial charge in [0, 0.05) is 41.8 Å². The number of benzene rings is 1. The fraction of sp³-hybridized carbons (Fsp3) is 0.524. The van der Waals surface area contributed by atoms with E-state index in [4.69, 9.17) is 9.73 Å². The first-order chi connectivity index (χ1) is 13.4. The minimum absolute atomic E-state index is 0. The Morgan fingerprint density at radius 2 is 2.14 bits per heavy atom. The fourth-order valence-corrected chi connectivity index (χ4v) is 4.26. The van der Waals surface area contributed by atoms with Crippen LogP contribution in [-0.4, -0.2) is 53.4 Å². The van der Waals surface area contributed by atoms with Crippen LogP contribution in [0.5, 0.6) is 0 Å². The third-order valence-corrected chi connectivity index (χ3v) is 5.72. The lowest BCUT2D eigenvalue weighted by molar-refractivity contribution is -0.00806. The van der Waals surface area contributed by atoms with Crippen molar-refractivity contribution in [2.24, 2.45) is 12.0 Å². The standard InChI is InChI=1S/C21H30BrN5O.HI/c1-5-23-20(24-15-21(2,3)17-8-6-7-9-18(17)22)27-10-11-28-19(14-27)16-12-25-26(4)13-16;/h6-9,12-13,19H,5,10-11,14-15H2,1-4H3,(H,23,24);1H. The number of aliphatic imine (C=N–C) groups is 1. The highest BCUT2D eigenvalue weighted by molar-refractivity contribution is 14.0. The lowest BCUT2D eigenvalue weighted by Crippen LogP contribution is -2.48. The Hall–Kier alpha value is -1.13. The van der Waals surface area contributed by atoms with Crippen LogP contribution in [0.4, 0.5) is 0 Å². The molecule has 1 atom stereocenters. The molecular weight excluding hydrogens is 545 g/mol. The summed E-state index contributed by atoms with van der Waals surface area (Å²) in [6, 6.07) is 8.38. The van der Waals surface area contributed by atoms with Crippen LogP contribution in [0.15, 0.2) is 46.1 Å². The van der Waals surface area contributed by atoms with Crippen molar-refractivity contribution in [2.75, 3.05) is 32.8 Å². The Morgan fingerprint density at radius 3 is 2.79 bits per heavy atom. The van der Waals surface area contributed by atoms with Crippen LogP contribution >= 0.6 is 39.9 Å². The second-order valence-electron chi connectivity index (χ2n) is 7.79. The van der Waals surface area contributed by atoms with Crippen molar-refractivity contribution in [1.82, 2.24) is 20.0 Å². The average Bonchev–Trinajstić information content (AvgIpc) is 3.12. The van der Waals surface area contributed by atoms with E-state index in [1.165, 1.54) is 5.56 Å². The Kier molecular flexibility index (Phi) is 8.96. The topological polar surface area (TPSA) is 54.7 Å². The molecule has 0 aliphatic carbocycles. The van der Waals surface area contributed by atoms with Gasteiger partial charge in [-0.05, 0) is 18.6 Å². The molecule has 8 heteroatoms. The Balaban J connectivity index is 0.00000300. The maximum atomic E-state index is 5.98. The average molecular weight is 576 g/mol. The second-order valence-corrected chi connectivity index (χ2v) is 8.64. The minimum atomic E-state index is -0.0736. The van der Waals surface area contributed by atoms with Gasteiger partial charge in [0.05, 0.1) is 25.9 Å². The van der Waals surface area contributed by atoms with Gasteiger partial charge in [0.1, 0.15) is 6.10 Å². The Labute approximate surface area is 199 Å². The molecule has 1 aliphatic heterocycles. The number of nitrogens with zero attached hydrogens (tertiary/aromatic N) is 4. The molecule has 0 amide bonds. The second kappa shape index (κ2) is 10.8. The maximum absolute atomic E-state index is 5.98. The number of aromatic nitrogens is 2. The monoisotopic (exact) mass is 575 g/mol. The van der Waals surface area contributed by atoms with E-state index in [0.717, 1.165) is 35.6 Å². The number of ether oxygens (including phenoxy) is 1. The zero-order valence-electron chi connectivity index (χ0n) is 17.6. The van der Waals surface area contributed by atoms with Crippen molar-refractivity contribution < 1.29 is 4.74 Å². The number of rotatable bonds is 5.